The zero-order chi connectivity index (χ0) is 19.2. The Kier molecular flexibility index (Phi) is 6.08. The van der Waals surface area contributed by atoms with E-state index in [0.29, 0.717) is 11.7 Å². The van der Waals surface area contributed by atoms with Crippen LogP contribution >= 0.6 is 11.8 Å². The van der Waals surface area contributed by atoms with Crippen LogP contribution in [0.25, 0.3) is 5.69 Å². The molecule has 1 heterocycles. The number of ether oxygens (including phenoxy) is 1. The molecule has 6 nitrogen and oxygen atoms in total. The van der Waals surface area contributed by atoms with E-state index >= 15 is 0 Å². The molecular formula is C19H19FN4O2S. The van der Waals surface area contributed by atoms with Crippen LogP contribution in [0.4, 0.5) is 4.39 Å². The number of halogens is 1. The molecule has 1 aromatic heterocycles. The van der Waals surface area contributed by atoms with Gasteiger partial charge in [-0.1, -0.05) is 23.9 Å². The molecule has 0 radical (unpaired) electrons. The van der Waals surface area contributed by atoms with Gasteiger partial charge in [0.2, 0.25) is 5.91 Å². The SMILES string of the molecule is COc1ccc(-n2c(C)nnc2SCC(=O)NCc2ccc(F)cc2)cc1. The molecule has 0 fully saturated rings. The van der Waals surface area contributed by atoms with Crippen molar-refractivity contribution in [3.05, 3.63) is 65.7 Å². The number of rotatable bonds is 7. The van der Waals surface area contributed by atoms with Crippen molar-refractivity contribution >= 4 is 17.7 Å². The van der Waals surface area contributed by atoms with Gasteiger partial charge >= 0.3 is 0 Å². The van der Waals surface area contributed by atoms with Gasteiger partial charge in [-0.25, -0.2) is 4.39 Å². The standard InChI is InChI=1S/C19H19FN4O2S/c1-13-22-23-19(24(13)16-7-9-17(26-2)10-8-16)27-12-18(25)21-11-14-3-5-15(20)6-4-14/h3-10H,11-12H2,1-2H3,(H,21,25). The van der Waals surface area contributed by atoms with Crippen molar-refractivity contribution in [1.82, 2.24) is 20.1 Å². The minimum absolute atomic E-state index is 0.133. The third-order valence-corrected chi connectivity index (χ3v) is 4.79. The summed E-state index contributed by atoms with van der Waals surface area (Å²) in [7, 11) is 1.62. The molecule has 2 aromatic carbocycles. The highest BCUT2D eigenvalue weighted by molar-refractivity contribution is 7.99. The second kappa shape index (κ2) is 8.68. The number of hydrogen-bond acceptors (Lipinski definition) is 5. The van der Waals surface area contributed by atoms with E-state index in [0.717, 1.165) is 22.8 Å². The Hall–Kier alpha value is -2.87. The summed E-state index contributed by atoms with van der Waals surface area (Å²) in [4.78, 5) is 12.1. The Morgan fingerprint density at radius 1 is 1.15 bits per heavy atom. The summed E-state index contributed by atoms with van der Waals surface area (Å²) >= 11 is 1.30. The topological polar surface area (TPSA) is 69.0 Å². The zero-order valence-corrected chi connectivity index (χ0v) is 15.8. The van der Waals surface area contributed by atoms with Crippen LogP contribution in [-0.2, 0) is 11.3 Å². The average Bonchev–Trinajstić information content (AvgIpc) is 3.06. The molecule has 1 amide bonds. The molecular weight excluding hydrogens is 367 g/mol. The van der Waals surface area contributed by atoms with Gasteiger partial charge in [-0.05, 0) is 48.9 Å². The molecule has 27 heavy (non-hydrogen) atoms. The van der Waals surface area contributed by atoms with Crippen LogP contribution < -0.4 is 10.1 Å². The molecule has 0 atom stereocenters. The first kappa shape index (κ1) is 18.9. The van der Waals surface area contributed by atoms with Crippen LogP contribution in [-0.4, -0.2) is 33.5 Å². The van der Waals surface area contributed by atoms with E-state index in [4.69, 9.17) is 4.74 Å². The fraction of sp³-hybridized carbons (Fsp3) is 0.211. The number of hydrogen-bond donors (Lipinski definition) is 1. The van der Waals surface area contributed by atoms with Crippen molar-refractivity contribution in [3.63, 3.8) is 0 Å². The number of benzene rings is 2. The lowest BCUT2D eigenvalue weighted by Gasteiger charge is -2.09. The number of carbonyl (C=O) groups is 1. The molecule has 3 rings (SSSR count). The molecule has 140 valence electrons. The van der Waals surface area contributed by atoms with Gasteiger partial charge in [0.05, 0.1) is 12.9 Å². The first-order valence-electron chi connectivity index (χ1n) is 8.27. The molecule has 0 aliphatic carbocycles. The van der Waals surface area contributed by atoms with Crippen molar-refractivity contribution in [3.8, 4) is 11.4 Å². The molecule has 3 aromatic rings. The van der Waals surface area contributed by atoms with Crippen LogP contribution in [0.1, 0.15) is 11.4 Å². The number of methoxy groups -OCH3 is 1. The van der Waals surface area contributed by atoms with E-state index in [1.165, 1.54) is 23.9 Å². The first-order valence-corrected chi connectivity index (χ1v) is 9.26. The lowest BCUT2D eigenvalue weighted by molar-refractivity contribution is -0.118. The molecule has 0 bridgehead atoms. The third-order valence-electron chi connectivity index (χ3n) is 3.86. The molecule has 0 spiro atoms. The highest BCUT2D eigenvalue weighted by Crippen LogP contribution is 2.23. The Bertz CT molecular complexity index is 910. The van der Waals surface area contributed by atoms with E-state index < -0.39 is 0 Å². The minimum atomic E-state index is -0.297. The van der Waals surface area contributed by atoms with Gasteiger partial charge in [0, 0.05) is 12.2 Å². The van der Waals surface area contributed by atoms with Crippen molar-refractivity contribution in [2.75, 3.05) is 12.9 Å². The van der Waals surface area contributed by atoms with Gasteiger partial charge in [0.1, 0.15) is 17.4 Å². The Balaban J connectivity index is 1.60. The fourth-order valence-electron chi connectivity index (χ4n) is 2.45. The first-order chi connectivity index (χ1) is 13.1. The summed E-state index contributed by atoms with van der Waals surface area (Å²) in [6, 6.07) is 13.6. The number of aromatic nitrogens is 3. The normalized spacial score (nSPS) is 10.6. The van der Waals surface area contributed by atoms with E-state index in [2.05, 4.69) is 15.5 Å². The van der Waals surface area contributed by atoms with Crippen LogP contribution in [0.2, 0.25) is 0 Å². The second-order valence-electron chi connectivity index (χ2n) is 5.76. The van der Waals surface area contributed by atoms with Gasteiger partial charge in [-0.3, -0.25) is 9.36 Å². The summed E-state index contributed by atoms with van der Waals surface area (Å²) in [6.07, 6.45) is 0. The number of aryl methyl sites for hydroxylation is 1. The molecule has 0 aliphatic heterocycles. The number of thioether (sulfide) groups is 1. The zero-order valence-electron chi connectivity index (χ0n) is 15.0. The van der Waals surface area contributed by atoms with Gasteiger partial charge in [0.25, 0.3) is 0 Å². The molecule has 0 saturated carbocycles. The highest BCUT2D eigenvalue weighted by atomic mass is 32.2. The van der Waals surface area contributed by atoms with Crippen molar-refractivity contribution in [2.45, 2.75) is 18.6 Å². The van der Waals surface area contributed by atoms with Crippen molar-refractivity contribution < 1.29 is 13.9 Å². The highest BCUT2D eigenvalue weighted by Gasteiger charge is 2.13. The van der Waals surface area contributed by atoms with Gasteiger partial charge in [-0.2, -0.15) is 0 Å². The minimum Gasteiger partial charge on any atom is -0.497 e. The van der Waals surface area contributed by atoms with Crippen LogP contribution in [0.3, 0.4) is 0 Å². The van der Waals surface area contributed by atoms with Crippen molar-refractivity contribution in [1.29, 1.82) is 0 Å². The average molecular weight is 386 g/mol. The van der Waals surface area contributed by atoms with Gasteiger partial charge < -0.3 is 10.1 Å². The largest absolute Gasteiger partial charge is 0.497 e. The Morgan fingerprint density at radius 2 is 1.85 bits per heavy atom. The number of nitrogens with zero attached hydrogens (tertiary/aromatic N) is 3. The Morgan fingerprint density at radius 3 is 2.52 bits per heavy atom. The predicted molar refractivity (Wildman–Crippen MR) is 102 cm³/mol. The number of amides is 1. The van der Waals surface area contributed by atoms with E-state index in [9.17, 15) is 9.18 Å². The quantitative estimate of drug-likeness (QED) is 0.632. The number of carbonyl (C=O) groups excluding carboxylic acids is 1. The van der Waals surface area contributed by atoms with Gasteiger partial charge in [0.15, 0.2) is 5.16 Å². The summed E-state index contributed by atoms with van der Waals surface area (Å²) in [5.74, 6) is 1.27. The fourth-order valence-corrected chi connectivity index (χ4v) is 3.28. The molecule has 0 saturated heterocycles. The maximum atomic E-state index is 12.9. The summed E-state index contributed by atoms with van der Waals surface area (Å²) in [5.41, 5.74) is 1.74. The van der Waals surface area contributed by atoms with Gasteiger partial charge in [-0.15, -0.1) is 10.2 Å². The third kappa shape index (κ3) is 4.85. The second-order valence-corrected chi connectivity index (χ2v) is 6.70. The van der Waals surface area contributed by atoms with Crippen molar-refractivity contribution in [2.24, 2.45) is 0 Å². The van der Waals surface area contributed by atoms with E-state index in [-0.39, 0.29) is 17.5 Å². The molecule has 1 N–H and O–H groups in total. The maximum absolute atomic E-state index is 12.9. The maximum Gasteiger partial charge on any atom is 0.230 e. The van der Waals surface area contributed by atoms with E-state index in [1.54, 1.807) is 19.2 Å². The molecule has 0 unspecified atom stereocenters. The Labute approximate surface area is 160 Å². The van der Waals surface area contributed by atoms with E-state index in [1.807, 2.05) is 35.8 Å². The molecule has 0 aliphatic rings. The monoisotopic (exact) mass is 386 g/mol. The van der Waals surface area contributed by atoms with Crippen LogP contribution in [0.5, 0.6) is 5.75 Å². The van der Waals surface area contributed by atoms with Crippen LogP contribution in [0, 0.1) is 12.7 Å². The smallest absolute Gasteiger partial charge is 0.230 e. The summed E-state index contributed by atoms with van der Waals surface area (Å²) < 4.78 is 20.0. The summed E-state index contributed by atoms with van der Waals surface area (Å²) in [6.45, 7) is 2.21. The lowest BCUT2D eigenvalue weighted by atomic mass is 10.2. The lowest BCUT2D eigenvalue weighted by Crippen LogP contribution is -2.24. The summed E-state index contributed by atoms with van der Waals surface area (Å²) in [5, 5.41) is 11.7. The van der Waals surface area contributed by atoms with Crippen LogP contribution in [0.15, 0.2) is 53.7 Å². The molecule has 8 heteroatoms. The number of nitrogens with one attached hydrogen (secondary N) is 1. The predicted octanol–water partition coefficient (Wildman–Crippen LogP) is 3.13.